The normalized spacial score (nSPS) is 14.0. The Hall–Kier alpha value is -3.33. The first kappa shape index (κ1) is 21.9. The first-order chi connectivity index (χ1) is 15.3. The second kappa shape index (κ2) is 9.04. The fraction of sp³-hybridized carbons (Fsp3) is 0.304. The van der Waals surface area contributed by atoms with Gasteiger partial charge in [0.2, 0.25) is 5.91 Å². The number of aromatic nitrogens is 3. The van der Waals surface area contributed by atoms with Crippen LogP contribution in [0.15, 0.2) is 47.6 Å². The minimum Gasteiger partial charge on any atom is -0.482 e. The molecule has 0 radical (unpaired) electrons. The standard InChI is InChI=1S/C23H25N5O3S/c1-14-9-15(2)11-17(10-14)24-20(29)13-32-23-26-25-22(27(23)4)16(3)28-18-7-5-6-8-19(18)31-12-21(28)30/h5-11,16H,12-13H2,1-4H3,(H,24,29). The number of rotatable bonds is 6. The fourth-order valence-corrected chi connectivity index (χ4v) is 4.57. The van der Waals surface area contributed by atoms with E-state index in [1.54, 1.807) is 4.90 Å². The molecular weight excluding hydrogens is 426 g/mol. The Bertz CT molecular complexity index is 1160. The summed E-state index contributed by atoms with van der Waals surface area (Å²) >= 11 is 1.30. The van der Waals surface area contributed by atoms with Crippen molar-refractivity contribution >= 4 is 35.0 Å². The van der Waals surface area contributed by atoms with Crippen molar-refractivity contribution in [3.05, 3.63) is 59.4 Å². The maximum Gasteiger partial charge on any atom is 0.265 e. The number of nitrogens with zero attached hydrogens (tertiary/aromatic N) is 4. The van der Waals surface area contributed by atoms with Gasteiger partial charge in [-0.1, -0.05) is 30.0 Å². The lowest BCUT2D eigenvalue weighted by Crippen LogP contribution is -2.41. The lowest BCUT2D eigenvalue weighted by atomic mass is 10.1. The molecular formula is C23H25N5O3S. The summed E-state index contributed by atoms with van der Waals surface area (Å²) in [4.78, 5) is 26.7. The summed E-state index contributed by atoms with van der Waals surface area (Å²) in [5, 5.41) is 12.1. The molecule has 166 valence electrons. The van der Waals surface area contributed by atoms with Gasteiger partial charge in [-0.15, -0.1) is 10.2 Å². The smallest absolute Gasteiger partial charge is 0.265 e. The van der Waals surface area contributed by atoms with Gasteiger partial charge < -0.3 is 14.6 Å². The highest BCUT2D eigenvalue weighted by Gasteiger charge is 2.32. The lowest BCUT2D eigenvalue weighted by molar-refractivity contribution is -0.121. The molecule has 1 unspecified atom stereocenters. The zero-order valence-corrected chi connectivity index (χ0v) is 19.3. The van der Waals surface area contributed by atoms with Gasteiger partial charge in [-0.2, -0.15) is 0 Å². The van der Waals surface area contributed by atoms with Gasteiger partial charge in [0.05, 0.1) is 17.5 Å². The average Bonchev–Trinajstić information content (AvgIpc) is 3.11. The summed E-state index contributed by atoms with van der Waals surface area (Å²) in [6.45, 7) is 5.89. The van der Waals surface area contributed by atoms with Crippen molar-refractivity contribution in [2.24, 2.45) is 7.05 Å². The number of amides is 2. The summed E-state index contributed by atoms with van der Waals surface area (Å²) in [7, 11) is 1.84. The Labute approximate surface area is 191 Å². The van der Waals surface area contributed by atoms with Gasteiger partial charge in [0.25, 0.3) is 5.91 Å². The molecule has 0 saturated heterocycles. The molecule has 0 spiro atoms. The largest absolute Gasteiger partial charge is 0.482 e. The van der Waals surface area contributed by atoms with Crippen LogP contribution in [0.1, 0.15) is 29.9 Å². The van der Waals surface area contributed by atoms with Crippen molar-refractivity contribution in [3.8, 4) is 5.75 Å². The molecule has 1 atom stereocenters. The summed E-state index contributed by atoms with van der Waals surface area (Å²) in [5.41, 5.74) is 3.68. The molecule has 1 aromatic heterocycles. The number of benzene rings is 2. The van der Waals surface area contributed by atoms with E-state index in [1.807, 2.05) is 68.8 Å². The van der Waals surface area contributed by atoms with E-state index < -0.39 is 0 Å². The monoisotopic (exact) mass is 451 g/mol. The molecule has 1 aliphatic rings. The fourth-order valence-electron chi connectivity index (χ4n) is 3.85. The van der Waals surface area contributed by atoms with Crippen LogP contribution in [0.3, 0.4) is 0 Å². The molecule has 4 rings (SSSR count). The van der Waals surface area contributed by atoms with E-state index in [0.29, 0.717) is 22.4 Å². The molecule has 0 bridgehead atoms. The summed E-state index contributed by atoms with van der Waals surface area (Å²) in [6, 6.07) is 13.0. The van der Waals surface area contributed by atoms with Crippen LogP contribution in [0.4, 0.5) is 11.4 Å². The molecule has 2 amide bonds. The van der Waals surface area contributed by atoms with Gasteiger partial charge >= 0.3 is 0 Å². The highest BCUT2D eigenvalue weighted by Crippen LogP contribution is 2.37. The van der Waals surface area contributed by atoms with E-state index in [4.69, 9.17) is 4.74 Å². The minimum absolute atomic E-state index is 0.0145. The van der Waals surface area contributed by atoms with Crippen LogP contribution in [0.2, 0.25) is 0 Å². The number of aryl methyl sites for hydroxylation is 2. The first-order valence-electron chi connectivity index (χ1n) is 10.3. The van der Waals surface area contributed by atoms with Crippen molar-refractivity contribution in [2.75, 3.05) is 22.6 Å². The third-order valence-electron chi connectivity index (χ3n) is 5.21. The maximum absolute atomic E-state index is 12.6. The van der Waals surface area contributed by atoms with E-state index in [-0.39, 0.29) is 30.2 Å². The number of para-hydroxylation sites is 2. The lowest BCUT2D eigenvalue weighted by Gasteiger charge is -2.33. The average molecular weight is 452 g/mol. The Kier molecular flexibility index (Phi) is 6.18. The predicted molar refractivity (Wildman–Crippen MR) is 124 cm³/mol. The van der Waals surface area contributed by atoms with Gasteiger partial charge in [0.15, 0.2) is 17.6 Å². The minimum atomic E-state index is -0.344. The van der Waals surface area contributed by atoms with Crippen LogP contribution in [0, 0.1) is 13.8 Å². The van der Waals surface area contributed by atoms with Gasteiger partial charge in [-0.05, 0) is 56.2 Å². The predicted octanol–water partition coefficient (Wildman–Crippen LogP) is 3.65. The van der Waals surface area contributed by atoms with Gasteiger partial charge in [0, 0.05) is 12.7 Å². The first-order valence-corrected chi connectivity index (χ1v) is 11.3. The number of carbonyl (C=O) groups is 2. The summed E-state index contributed by atoms with van der Waals surface area (Å²) in [6.07, 6.45) is 0. The zero-order chi connectivity index (χ0) is 22.8. The van der Waals surface area contributed by atoms with E-state index in [9.17, 15) is 9.59 Å². The van der Waals surface area contributed by atoms with Gasteiger partial charge in [-0.3, -0.25) is 14.5 Å². The third-order valence-corrected chi connectivity index (χ3v) is 6.23. The Morgan fingerprint density at radius 3 is 2.66 bits per heavy atom. The number of hydrogen-bond acceptors (Lipinski definition) is 6. The molecule has 32 heavy (non-hydrogen) atoms. The number of hydrogen-bond donors (Lipinski definition) is 1. The number of fused-ring (bicyclic) bond motifs is 1. The molecule has 0 saturated carbocycles. The molecule has 2 aromatic carbocycles. The van der Waals surface area contributed by atoms with Crippen molar-refractivity contribution in [1.82, 2.24) is 14.8 Å². The number of nitrogens with one attached hydrogen (secondary N) is 1. The topological polar surface area (TPSA) is 89.3 Å². The van der Waals surface area contributed by atoms with E-state index in [2.05, 4.69) is 21.6 Å². The molecule has 0 aliphatic carbocycles. The molecule has 0 fully saturated rings. The van der Waals surface area contributed by atoms with Crippen LogP contribution in [0.25, 0.3) is 0 Å². The second-order valence-corrected chi connectivity index (χ2v) is 8.75. The molecule has 9 heteroatoms. The van der Waals surface area contributed by atoms with Crippen LogP contribution in [0.5, 0.6) is 5.75 Å². The van der Waals surface area contributed by atoms with Crippen molar-refractivity contribution in [1.29, 1.82) is 0 Å². The van der Waals surface area contributed by atoms with E-state index >= 15 is 0 Å². The zero-order valence-electron chi connectivity index (χ0n) is 18.5. The highest BCUT2D eigenvalue weighted by molar-refractivity contribution is 7.99. The molecule has 1 aliphatic heterocycles. The highest BCUT2D eigenvalue weighted by atomic mass is 32.2. The van der Waals surface area contributed by atoms with E-state index in [1.165, 1.54) is 11.8 Å². The van der Waals surface area contributed by atoms with Crippen LogP contribution >= 0.6 is 11.8 Å². The summed E-state index contributed by atoms with van der Waals surface area (Å²) < 4.78 is 7.36. The Morgan fingerprint density at radius 2 is 1.91 bits per heavy atom. The van der Waals surface area contributed by atoms with Crippen LogP contribution in [-0.4, -0.2) is 38.9 Å². The third kappa shape index (κ3) is 4.47. The van der Waals surface area contributed by atoms with Crippen LogP contribution in [-0.2, 0) is 16.6 Å². The van der Waals surface area contributed by atoms with Gasteiger partial charge in [-0.25, -0.2) is 0 Å². The van der Waals surface area contributed by atoms with Gasteiger partial charge in [0.1, 0.15) is 5.75 Å². The van der Waals surface area contributed by atoms with Crippen molar-refractivity contribution < 1.29 is 14.3 Å². The molecule has 3 aromatic rings. The molecule has 1 N–H and O–H groups in total. The summed E-state index contributed by atoms with van der Waals surface area (Å²) in [5.74, 6) is 1.24. The van der Waals surface area contributed by atoms with Crippen LogP contribution < -0.4 is 15.0 Å². The van der Waals surface area contributed by atoms with Crippen molar-refractivity contribution in [2.45, 2.75) is 32.0 Å². The number of anilines is 2. The SMILES string of the molecule is Cc1cc(C)cc(NC(=O)CSc2nnc(C(C)N3C(=O)COc4ccccc43)n2C)c1. The molecule has 2 heterocycles. The Morgan fingerprint density at radius 1 is 1.19 bits per heavy atom. The number of thioether (sulfide) groups is 1. The number of carbonyl (C=O) groups excluding carboxylic acids is 2. The van der Waals surface area contributed by atoms with E-state index in [0.717, 1.165) is 16.8 Å². The Balaban J connectivity index is 1.45. The van der Waals surface area contributed by atoms with Crippen molar-refractivity contribution in [3.63, 3.8) is 0 Å². The maximum atomic E-state index is 12.6. The second-order valence-electron chi connectivity index (χ2n) is 7.81. The molecule has 8 nitrogen and oxygen atoms in total. The quantitative estimate of drug-likeness (QED) is 0.576. The number of ether oxygens (including phenoxy) is 1.